The molecule has 0 bridgehead atoms. The molecule has 1 saturated heterocycles. The molecule has 1 aromatic heterocycles. The van der Waals surface area contributed by atoms with E-state index in [0.717, 1.165) is 37.7 Å². The molecule has 2 N–H and O–H groups in total. The van der Waals surface area contributed by atoms with Gasteiger partial charge in [0.1, 0.15) is 6.04 Å². The molecular weight excluding hydrogens is 418 g/mol. The number of sulfonamides is 1. The molecule has 1 saturated carbocycles. The third kappa shape index (κ3) is 5.34. The normalized spacial score (nSPS) is 18.3. The van der Waals surface area contributed by atoms with E-state index < -0.39 is 22.0 Å². The summed E-state index contributed by atoms with van der Waals surface area (Å²) in [5.41, 5.74) is 0.909. The number of rotatable bonds is 8. The Labute approximate surface area is 182 Å². The molecule has 2 fully saturated rings. The van der Waals surface area contributed by atoms with Gasteiger partial charge in [0.15, 0.2) is 5.76 Å². The Morgan fingerprint density at radius 2 is 1.74 bits per heavy atom. The SMILES string of the molecule is O=C(NC(Cc1ccccc1)C(=O)NC1CC1)c1ccc(S(=O)(=O)N2CCCCC2)o1. The maximum atomic E-state index is 12.8. The number of carbonyl (C=O) groups is 2. The van der Waals surface area contributed by atoms with Gasteiger partial charge in [0.2, 0.25) is 11.0 Å². The predicted molar refractivity (Wildman–Crippen MR) is 114 cm³/mol. The number of amides is 2. The topological polar surface area (TPSA) is 109 Å². The van der Waals surface area contributed by atoms with E-state index in [0.29, 0.717) is 19.5 Å². The fourth-order valence-electron chi connectivity index (χ4n) is 3.63. The van der Waals surface area contributed by atoms with Crippen LogP contribution in [0.5, 0.6) is 0 Å². The number of carbonyl (C=O) groups excluding carboxylic acids is 2. The van der Waals surface area contributed by atoms with E-state index in [1.165, 1.54) is 16.4 Å². The summed E-state index contributed by atoms with van der Waals surface area (Å²) in [6.45, 7) is 0.899. The highest BCUT2D eigenvalue weighted by Gasteiger charge is 2.32. The van der Waals surface area contributed by atoms with Gasteiger partial charge in [-0.1, -0.05) is 36.8 Å². The molecular formula is C22H27N3O5S. The summed E-state index contributed by atoms with van der Waals surface area (Å²) in [7, 11) is -3.77. The van der Waals surface area contributed by atoms with Crippen LogP contribution < -0.4 is 10.6 Å². The number of nitrogens with zero attached hydrogens (tertiary/aromatic N) is 1. The summed E-state index contributed by atoms with van der Waals surface area (Å²) >= 11 is 0. The Morgan fingerprint density at radius 3 is 2.42 bits per heavy atom. The van der Waals surface area contributed by atoms with Gasteiger partial charge in [-0.2, -0.15) is 4.31 Å². The third-order valence-corrected chi connectivity index (χ3v) is 7.32. The molecule has 1 unspecified atom stereocenters. The van der Waals surface area contributed by atoms with Crippen molar-refractivity contribution in [1.82, 2.24) is 14.9 Å². The van der Waals surface area contributed by atoms with Crippen molar-refractivity contribution in [2.75, 3.05) is 13.1 Å². The molecule has 31 heavy (non-hydrogen) atoms. The molecule has 2 aliphatic rings. The van der Waals surface area contributed by atoms with Gasteiger partial charge in [-0.15, -0.1) is 0 Å². The molecule has 8 nitrogen and oxygen atoms in total. The Morgan fingerprint density at radius 1 is 1.03 bits per heavy atom. The summed E-state index contributed by atoms with van der Waals surface area (Å²) in [6, 6.07) is 11.4. The first-order valence-corrected chi connectivity index (χ1v) is 12.1. The van der Waals surface area contributed by atoms with Crippen LogP contribution in [0.25, 0.3) is 0 Å². The number of furan rings is 1. The van der Waals surface area contributed by atoms with Gasteiger partial charge < -0.3 is 15.1 Å². The molecule has 0 spiro atoms. The lowest BCUT2D eigenvalue weighted by Crippen LogP contribution is -2.48. The smallest absolute Gasteiger partial charge is 0.287 e. The van der Waals surface area contributed by atoms with Crippen molar-refractivity contribution in [3.05, 3.63) is 53.8 Å². The van der Waals surface area contributed by atoms with Gasteiger partial charge in [-0.3, -0.25) is 9.59 Å². The molecule has 0 radical (unpaired) electrons. The second kappa shape index (κ2) is 9.23. The van der Waals surface area contributed by atoms with E-state index in [2.05, 4.69) is 10.6 Å². The summed E-state index contributed by atoms with van der Waals surface area (Å²) < 4.78 is 32.3. The molecule has 2 heterocycles. The second-order valence-corrected chi connectivity index (χ2v) is 9.95. The molecule has 1 atom stereocenters. The van der Waals surface area contributed by atoms with E-state index in [1.54, 1.807) is 0 Å². The van der Waals surface area contributed by atoms with Gasteiger partial charge in [-0.05, 0) is 43.4 Å². The Kier molecular flexibility index (Phi) is 6.43. The summed E-state index contributed by atoms with van der Waals surface area (Å²) in [4.78, 5) is 25.5. The molecule has 1 aliphatic carbocycles. The zero-order chi connectivity index (χ0) is 21.8. The maximum Gasteiger partial charge on any atom is 0.287 e. The number of hydrogen-bond acceptors (Lipinski definition) is 5. The summed E-state index contributed by atoms with van der Waals surface area (Å²) in [5, 5.41) is 5.37. The van der Waals surface area contributed by atoms with Gasteiger partial charge in [0.25, 0.3) is 15.9 Å². The molecule has 166 valence electrons. The number of piperidine rings is 1. The van der Waals surface area contributed by atoms with Crippen LogP contribution >= 0.6 is 0 Å². The second-order valence-electron chi connectivity index (χ2n) is 8.08. The first-order chi connectivity index (χ1) is 14.9. The molecule has 9 heteroatoms. The molecule has 2 amide bonds. The van der Waals surface area contributed by atoms with Gasteiger partial charge in [0.05, 0.1) is 0 Å². The van der Waals surface area contributed by atoms with E-state index >= 15 is 0 Å². The monoisotopic (exact) mass is 445 g/mol. The minimum atomic E-state index is -3.77. The van der Waals surface area contributed by atoms with Gasteiger partial charge in [0, 0.05) is 25.6 Å². The third-order valence-electron chi connectivity index (χ3n) is 5.54. The molecule has 1 aliphatic heterocycles. The van der Waals surface area contributed by atoms with Crippen LogP contribution in [0.4, 0.5) is 0 Å². The zero-order valence-corrected chi connectivity index (χ0v) is 18.1. The van der Waals surface area contributed by atoms with Crippen LogP contribution in [-0.2, 0) is 21.2 Å². The molecule has 2 aromatic rings. The lowest BCUT2D eigenvalue weighted by molar-refractivity contribution is -0.123. The Hall–Kier alpha value is -2.65. The van der Waals surface area contributed by atoms with Crippen molar-refractivity contribution in [1.29, 1.82) is 0 Å². The largest absolute Gasteiger partial charge is 0.438 e. The summed E-state index contributed by atoms with van der Waals surface area (Å²) in [5.74, 6) is -1.01. The summed E-state index contributed by atoms with van der Waals surface area (Å²) in [6.07, 6.45) is 4.82. The van der Waals surface area contributed by atoms with Gasteiger partial charge in [-0.25, -0.2) is 8.42 Å². The highest BCUT2D eigenvalue weighted by Crippen LogP contribution is 2.23. The van der Waals surface area contributed by atoms with Crippen LogP contribution in [0, 0.1) is 0 Å². The van der Waals surface area contributed by atoms with E-state index in [-0.39, 0.29) is 22.8 Å². The number of hydrogen-bond donors (Lipinski definition) is 2. The first-order valence-electron chi connectivity index (χ1n) is 10.7. The Balaban J connectivity index is 1.47. The van der Waals surface area contributed by atoms with Crippen LogP contribution in [0.2, 0.25) is 0 Å². The predicted octanol–water partition coefficient (Wildman–Crippen LogP) is 2.07. The fraction of sp³-hybridized carbons (Fsp3) is 0.455. The highest BCUT2D eigenvalue weighted by molar-refractivity contribution is 7.89. The van der Waals surface area contributed by atoms with Crippen LogP contribution in [0.1, 0.15) is 48.2 Å². The van der Waals surface area contributed by atoms with Crippen molar-refractivity contribution in [2.45, 2.75) is 55.7 Å². The van der Waals surface area contributed by atoms with Crippen LogP contribution in [-0.4, -0.2) is 49.7 Å². The van der Waals surface area contributed by atoms with Crippen molar-refractivity contribution >= 4 is 21.8 Å². The number of nitrogens with one attached hydrogen (secondary N) is 2. The molecule has 1 aromatic carbocycles. The van der Waals surface area contributed by atoms with Crippen molar-refractivity contribution in [2.24, 2.45) is 0 Å². The van der Waals surface area contributed by atoms with Gasteiger partial charge >= 0.3 is 0 Å². The Bertz CT molecular complexity index is 1020. The lowest BCUT2D eigenvalue weighted by Gasteiger charge is -2.24. The van der Waals surface area contributed by atoms with Crippen molar-refractivity contribution < 1.29 is 22.4 Å². The lowest BCUT2D eigenvalue weighted by atomic mass is 10.1. The van der Waals surface area contributed by atoms with Crippen molar-refractivity contribution in [3.63, 3.8) is 0 Å². The van der Waals surface area contributed by atoms with E-state index in [1.807, 2.05) is 30.3 Å². The fourth-order valence-corrected chi connectivity index (χ4v) is 5.06. The maximum absolute atomic E-state index is 12.8. The average Bonchev–Trinajstić information content (AvgIpc) is 3.44. The first kappa shape index (κ1) is 21.6. The zero-order valence-electron chi connectivity index (χ0n) is 17.2. The average molecular weight is 446 g/mol. The van der Waals surface area contributed by atoms with Crippen LogP contribution in [0.15, 0.2) is 52.0 Å². The minimum absolute atomic E-state index is 0.132. The van der Waals surface area contributed by atoms with E-state index in [9.17, 15) is 18.0 Å². The van der Waals surface area contributed by atoms with E-state index in [4.69, 9.17) is 4.42 Å². The van der Waals surface area contributed by atoms with Crippen LogP contribution in [0.3, 0.4) is 0 Å². The minimum Gasteiger partial charge on any atom is -0.438 e. The quantitative estimate of drug-likeness (QED) is 0.647. The number of benzene rings is 1. The molecule has 4 rings (SSSR count). The highest BCUT2D eigenvalue weighted by atomic mass is 32.2. The standard InChI is InChI=1S/C22H27N3O5S/c26-21(23-17-9-10-17)18(15-16-7-3-1-4-8-16)24-22(27)19-11-12-20(30-19)31(28,29)25-13-5-2-6-14-25/h1,3-4,7-8,11-12,17-18H,2,5-6,9-10,13-15H2,(H,23,26)(H,24,27). The van der Waals surface area contributed by atoms with Crippen molar-refractivity contribution in [3.8, 4) is 0 Å².